The number of hydrogen-bond acceptors (Lipinski definition) is 2. The van der Waals surface area contributed by atoms with Crippen LogP contribution in [0.5, 0.6) is 5.75 Å². The molecule has 0 bridgehead atoms. The number of methoxy groups -OCH3 is 1. The molecule has 3 N–H and O–H groups in total. The first-order chi connectivity index (χ1) is 9.72. The predicted octanol–water partition coefficient (Wildman–Crippen LogP) is 3.65. The number of nitrogens with one attached hydrogen (secondary N) is 1. The molecule has 0 saturated heterocycles. The van der Waals surface area contributed by atoms with Crippen LogP contribution in [0.2, 0.25) is 0 Å². The lowest BCUT2D eigenvalue weighted by Gasteiger charge is -2.36. The van der Waals surface area contributed by atoms with Crippen LogP contribution in [0.25, 0.3) is 10.9 Å². The molecule has 1 saturated carbocycles. The third kappa shape index (κ3) is 1.92. The van der Waals surface area contributed by atoms with Crippen molar-refractivity contribution >= 4 is 10.9 Å². The van der Waals surface area contributed by atoms with E-state index in [9.17, 15) is 0 Å². The number of aromatic amines is 1. The molecule has 1 aliphatic rings. The molecule has 1 fully saturated rings. The van der Waals surface area contributed by atoms with Gasteiger partial charge in [-0.2, -0.15) is 0 Å². The van der Waals surface area contributed by atoms with Crippen molar-refractivity contribution in [1.82, 2.24) is 4.98 Å². The summed E-state index contributed by atoms with van der Waals surface area (Å²) in [5, 5.41) is 1.32. The van der Waals surface area contributed by atoms with Gasteiger partial charge in [0.2, 0.25) is 0 Å². The molecular formula is C17H24N2O. The third-order valence-electron chi connectivity index (χ3n) is 5.00. The molecule has 3 nitrogen and oxygen atoms in total. The maximum absolute atomic E-state index is 6.20. The van der Waals surface area contributed by atoms with Crippen molar-refractivity contribution < 1.29 is 4.74 Å². The highest BCUT2D eigenvalue weighted by Gasteiger charge is 2.35. The van der Waals surface area contributed by atoms with Crippen LogP contribution in [0, 0.1) is 6.92 Å². The van der Waals surface area contributed by atoms with Gasteiger partial charge in [0.05, 0.1) is 12.6 Å². The molecule has 0 aliphatic heterocycles. The lowest BCUT2D eigenvalue weighted by Crippen LogP contribution is -2.37. The Hall–Kier alpha value is -1.48. The smallest absolute Gasteiger partial charge is 0.142 e. The van der Waals surface area contributed by atoms with Crippen LogP contribution in [0.3, 0.4) is 0 Å². The van der Waals surface area contributed by atoms with Crippen LogP contribution >= 0.6 is 0 Å². The van der Waals surface area contributed by atoms with Gasteiger partial charge in [0.15, 0.2) is 0 Å². The minimum atomic E-state index is 0.146. The van der Waals surface area contributed by atoms with Gasteiger partial charge in [-0.15, -0.1) is 0 Å². The fraction of sp³-hybridized carbons (Fsp3) is 0.529. The highest BCUT2D eigenvalue weighted by atomic mass is 16.5. The Morgan fingerprint density at radius 3 is 2.65 bits per heavy atom. The molecule has 0 atom stereocenters. The zero-order chi connectivity index (χ0) is 14.2. The Morgan fingerprint density at radius 2 is 2.00 bits per heavy atom. The average molecular weight is 272 g/mol. The van der Waals surface area contributed by atoms with Crippen LogP contribution in [-0.4, -0.2) is 18.6 Å². The number of aryl methyl sites for hydroxylation is 1. The molecule has 1 heterocycles. The van der Waals surface area contributed by atoms with E-state index in [-0.39, 0.29) is 5.41 Å². The summed E-state index contributed by atoms with van der Waals surface area (Å²) in [6.07, 6.45) is 8.48. The van der Waals surface area contributed by atoms with Crippen molar-refractivity contribution in [3.8, 4) is 5.75 Å². The van der Waals surface area contributed by atoms with Crippen LogP contribution in [0.4, 0.5) is 0 Å². The summed E-state index contributed by atoms with van der Waals surface area (Å²) in [5.74, 6) is 0.917. The van der Waals surface area contributed by atoms with E-state index >= 15 is 0 Å². The quantitative estimate of drug-likeness (QED) is 0.896. The molecule has 0 unspecified atom stereocenters. The van der Waals surface area contributed by atoms with Gasteiger partial charge < -0.3 is 15.5 Å². The van der Waals surface area contributed by atoms with Gasteiger partial charge in [-0.05, 0) is 37.0 Å². The minimum Gasteiger partial charge on any atom is -0.495 e. The monoisotopic (exact) mass is 272 g/mol. The van der Waals surface area contributed by atoms with Crippen molar-refractivity contribution in [2.75, 3.05) is 13.7 Å². The van der Waals surface area contributed by atoms with E-state index < -0.39 is 0 Å². The minimum absolute atomic E-state index is 0.146. The van der Waals surface area contributed by atoms with Crippen molar-refractivity contribution in [2.24, 2.45) is 5.73 Å². The topological polar surface area (TPSA) is 51.0 Å². The fourth-order valence-corrected chi connectivity index (χ4v) is 3.79. The first-order valence-corrected chi connectivity index (χ1v) is 7.57. The average Bonchev–Trinajstić information content (AvgIpc) is 2.95. The second-order valence-corrected chi connectivity index (χ2v) is 6.08. The van der Waals surface area contributed by atoms with E-state index in [1.54, 1.807) is 7.11 Å². The number of nitrogens with two attached hydrogens (primary N) is 1. The maximum atomic E-state index is 6.20. The van der Waals surface area contributed by atoms with Crippen molar-refractivity contribution in [3.05, 3.63) is 29.5 Å². The van der Waals surface area contributed by atoms with Crippen LogP contribution in [-0.2, 0) is 5.41 Å². The summed E-state index contributed by atoms with van der Waals surface area (Å²) in [6, 6.07) is 4.18. The lowest BCUT2D eigenvalue weighted by molar-refractivity contribution is 0.303. The summed E-state index contributed by atoms with van der Waals surface area (Å²) >= 11 is 0. The van der Waals surface area contributed by atoms with Crippen LogP contribution < -0.4 is 10.5 Å². The molecule has 1 aromatic heterocycles. The summed E-state index contributed by atoms with van der Waals surface area (Å²) in [4.78, 5) is 3.42. The number of ether oxygens (including phenoxy) is 1. The van der Waals surface area contributed by atoms with Crippen LogP contribution in [0.15, 0.2) is 18.3 Å². The van der Waals surface area contributed by atoms with Gasteiger partial charge in [-0.3, -0.25) is 0 Å². The molecule has 1 aliphatic carbocycles. The Labute approximate surface area is 120 Å². The number of hydrogen-bond donors (Lipinski definition) is 2. The fourth-order valence-electron chi connectivity index (χ4n) is 3.79. The summed E-state index contributed by atoms with van der Waals surface area (Å²) in [6.45, 7) is 2.91. The Balaban J connectivity index is 2.21. The second kappa shape index (κ2) is 5.13. The summed E-state index contributed by atoms with van der Waals surface area (Å²) < 4.78 is 5.49. The molecule has 3 heteroatoms. The Morgan fingerprint density at radius 1 is 1.25 bits per heavy atom. The van der Waals surface area contributed by atoms with E-state index in [2.05, 4.69) is 24.2 Å². The molecular weight excluding hydrogens is 248 g/mol. The lowest BCUT2D eigenvalue weighted by atomic mass is 9.69. The maximum Gasteiger partial charge on any atom is 0.142 e. The van der Waals surface area contributed by atoms with Crippen molar-refractivity contribution in [2.45, 2.75) is 44.4 Å². The van der Waals surface area contributed by atoms with Crippen molar-refractivity contribution in [1.29, 1.82) is 0 Å². The van der Waals surface area contributed by atoms with E-state index in [1.807, 2.05) is 6.07 Å². The zero-order valence-electron chi connectivity index (χ0n) is 12.5. The number of rotatable bonds is 3. The van der Waals surface area contributed by atoms with Gasteiger partial charge >= 0.3 is 0 Å². The Bertz CT molecular complexity index is 609. The normalized spacial score (nSPS) is 18.4. The molecule has 0 radical (unpaired) electrons. The van der Waals surface area contributed by atoms with Gasteiger partial charge in [0, 0.05) is 23.5 Å². The van der Waals surface area contributed by atoms with Crippen LogP contribution in [0.1, 0.15) is 43.2 Å². The number of aromatic nitrogens is 1. The second-order valence-electron chi connectivity index (χ2n) is 6.08. The molecule has 2 aromatic rings. The van der Waals surface area contributed by atoms with E-state index in [0.29, 0.717) is 0 Å². The molecule has 3 rings (SSSR count). The Kier molecular flexibility index (Phi) is 3.47. The molecule has 0 amide bonds. The van der Waals surface area contributed by atoms with E-state index in [4.69, 9.17) is 10.5 Å². The van der Waals surface area contributed by atoms with E-state index in [0.717, 1.165) is 17.8 Å². The highest BCUT2D eigenvalue weighted by Crippen LogP contribution is 2.43. The standard InChI is InChI=1S/C17H24N2O/c1-12-6-7-14(20-2)16-15(12)13(10-19-16)17(11-18)8-4-3-5-9-17/h6-7,10,19H,3-5,8-9,11,18H2,1-2H3. The number of fused-ring (bicyclic) bond motifs is 1. The van der Waals surface area contributed by atoms with Gasteiger partial charge in [-0.25, -0.2) is 0 Å². The van der Waals surface area contributed by atoms with Gasteiger partial charge in [0.25, 0.3) is 0 Å². The summed E-state index contributed by atoms with van der Waals surface area (Å²) in [5.41, 5.74) is 10.2. The van der Waals surface area contributed by atoms with Gasteiger partial charge in [-0.1, -0.05) is 25.3 Å². The molecule has 20 heavy (non-hydrogen) atoms. The summed E-state index contributed by atoms with van der Waals surface area (Å²) in [7, 11) is 1.73. The SMILES string of the molecule is COc1ccc(C)c2c(C3(CN)CCCCC3)c[nH]c12. The van der Waals surface area contributed by atoms with Gasteiger partial charge in [0.1, 0.15) is 5.75 Å². The largest absolute Gasteiger partial charge is 0.495 e. The number of H-pyrrole nitrogens is 1. The third-order valence-corrected chi connectivity index (χ3v) is 5.00. The molecule has 0 spiro atoms. The van der Waals surface area contributed by atoms with Crippen molar-refractivity contribution in [3.63, 3.8) is 0 Å². The first-order valence-electron chi connectivity index (χ1n) is 7.57. The van der Waals surface area contributed by atoms with E-state index in [1.165, 1.54) is 48.6 Å². The highest BCUT2D eigenvalue weighted by molar-refractivity contribution is 5.92. The molecule has 108 valence electrons. The first kappa shape index (κ1) is 13.5. The zero-order valence-corrected chi connectivity index (χ0v) is 12.5. The number of benzene rings is 1. The molecule has 1 aromatic carbocycles. The predicted molar refractivity (Wildman–Crippen MR) is 83.4 cm³/mol.